The lowest BCUT2D eigenvalue weighted by atomic mass is 10.1. The number of hydrogen-bond acceptors (Lipinski definition) is 4. The molecule has 7 nitrogen and oxygen atoms in total. The van der Waals surface area contributed by atoms with Gasteiger partial charge in [-0.2, -0.15) is 0 Å². The lowest BCUT2D eigenvalue weighted by Crippen LogP contribution is -2.43. The van der Waals surface area contributed by atoms with Gasteiger partial charge in [-0.25, -0.2) is 9.36 Å². The van der Waals surface area contributed by atoms with Gasteiger partial charge in [0.25, 0.3) is 0 Å². The normalized spacial score (nSPS) is 15.7. The van der Waals surface area contributed by atoms with Gasteiger partial charge < -0.3 is 19.0 Å². The SMILES string of the molecule is C=CC(=O)OC(C)CC(C[N+](C)(C)C)OP(=O)(O)O. The molecule has 0 aliphatic heterocycles. The van der Waals surface area contributed by atoms with Crippen LogP contribution >= 0.6 is 7.82 Å². The fourth-order valence-electron chi connectivity index (χ4n) is 1.62. The first-order chi connectivity index (χ1) is 8.43. The van der Waals surface area contributed by atoms with Gasteiger partial charge in [0.15, 0.2) is 0 Å². The van der Waals surface area contributed by atoms with Crippen molar-refractivity contribution in [2.45, 2.75) is 25.6 Å². The molecule has 0 saturated heterocycles. The summed E-state index contributed by atoms with van der Waals surface area (Å²) in [6, 6.07) is 0. The number of likely N-dealkylation sites (N-methyl/N-ethyl adjacent to an activating group) is 1. The summed E-state index contributed by atoms with van der Waals surface area (Å²) in [5.74, 6) is -0.576. The minimum Gasteiger partial charge on any atom is -0.459 e. The molecule has 0 radical (unpaired) electrons. The van der Waals surface area contributed by atoms with E-state index < -0.39 is 26.0 Å². The first kappa shape index (κ1) is 18.3. The predicted octanol–water partition coefficient (Wildman–Crippen LogP) is 0.678. The maximum absolute atomic E-state index is 11.0. The highest BCUT2D eigenvalue weighted by molar-refractivity contribution is 7.46. The number of rotatable bonds is 8. The number of phosphoric acid groups is 1. The van der Waals surface area contributed by atoms with Crippen LogP contribution in [0, 0.1) is 0 Å². The van der Waals surface area contributed by atoms with Crippen LogP contribution < -0.4 is 0 Å². The third-order valence-electron chi connectivity index (χ3n) is 2.12. The predicted molar refractivity (Wildman–Crippen MR) is 70.2 cm³/mol. The van der Waals surface area contributed by atoms with Crippen molar-refractivity contribution in [2.75, 3.05) is 27.7 Å². The maximum Gasteiger partial charge on any atom is 0.470 e. The Labute approximate surface area is 113 Å². The van der Waals surface area contributed by atoms with Crippen LogP contribution in [-0.4, -0.2) is 60.1 Å². The van der Waals surface area contributed by atoms with Crippen molar-refractivity contribution in [2.24, 2.45) is 0 Å². The number of carbonyl (C=O) groups is 1. The largest absolute Gasteiger partial charge is 0.470 e. The first-order valence-electron chi connectivity index (χ1n) is 5.80. The van der Waals surface area contributed by atoms with Crippen molar-refractivity contribution < 1.29 is 32.9 Å². The molecular formula is C11H23NO6P+. The molecule has 0 bridgehead atoms. The molecule has 2 atom stereocenters. The molecule has 0 saturated carbocycles. The molecule has 2 unspecified atom stereocenters. The molecule has 0 rings (SSSR count). The van der Waals surface area contributed by atoms with Gasteiger partial charge in [-0.1, -0.05) is 6.58 Å². The highest BCUT2D eigenvalue weighted by atomic mass is 31.2. The molecule has 0 heterocycles. The molecule has 2 N–H and O–H groups in total. The third kappa shape index (κ3) is 10.9. The monoisotopic (exact) mass is 296 g/mol. The molecule has 0 aromatic heterocycles. The molecule has 0 fully saturated rings. The minimum atomic E-state index is -4.58. The average molecular weight is 296 g/mol. The Morgan fingerprint density at radius 2 is 1.95 bits per heavy atom. The van der Waals surface area contributed by atoms with Crippen molar-refractivity contribution in [3.8, 4) is 0 Å². The summed E-state index contributed by atoms with van der Waals surface area (Å²) in [4.78, 5) is 28.8. The van der Waals surface area contributed by atoms with E-state index in [2.05, 4.69) is 6.58 Å². The van der Waals surface area contributed by atoms with Crippen molar-refractivity contribution >= 4 is 13.8 Å². The van der Waals surface area contributed by atoms with Crippen molar-refractivity contribution in [1.82, 2.24) is 0 Å². The van der Waals surface area contributed by atoms with E-state index in [0.717, 1.165) is 6.08 Å². The summed E-state index contributed by atoms with van der Waals surface area (Å²) >= 11 is 0. The minimum absolute atomic E-state index is 0.195. The number of quaternary nitrogens is 1. The third-order valence-corrected chi connectivity index (χ3v) is 2.69. The highest BCUT2D eigenvalue weighted by Crippen LogP contribution is 2.38. The molecule has 0 aliphatic rings. The topological polar surface area (TPSA) is 93.1 Å². The van der Waals surface area contributed by atoms with E-state index in [1.54, 1.807) is 6.92 Å². The smallest absolute Gasteiger partial charge is 0.459 e. The molecule has 8 heteroatoms. The Hall–Kier alpha value is -0.720. The van der Waals surface area contributed by atoms with Gasteiger partial charge in [0.05, 0.1) is 21.1 Å². The Morgan fingerprint density at radius 3 is 2.32 bits per heavy atom. The standard InChI is InChI=1S/C11H22NO6P/c1-6-11(13)17-9(2)7-10(8-12(3,4)5)18-19(14,15)16/h6,9-10H,1,7-8H2,2-5H3,(H-,14,15,16)/p+1. The summed E-state index contributed by atoms with van der Waals surface area (Å²) in [5, 5.41) is 0. The Bertz CT molecular complexity index is 359. The van der Waals surface area contributed by atoms with Crippen molar-refractivity contribution in [3.63, 3.8) is 0 Å². The molecule has 19 heavy (non-hydrogen) atoms. The molecule has 0 spiro atoms. The molecular weight excluding hydrogens is 273 g/mol. The highest BCUT2D eigenvalue weighted by Gasteiger charge is 2.29. The zero-order valence-electron chi connectivity index (χ0n) is 11.8. The second-order valence-corrected chi connectivity index (χ2v) is 6.57. The maximum atomic E-state index is 11.0. The Kier molecular flexibility index (Phi) is 6.89. The summed E-state index contributed by atoms with van der Waals surface area (Å²) in [6.45, 7) is 5.29. The summed E-state index contributed by atoms with van der Waals surface area (Å²) in [6.07, 6.45) is -0.00269. The number of nitrogens with zero attached hydrogens (tertiary/aromatic N) is 1. The Balaban J connectivity index is 4.62. The van der Waals surface area contributed by atoms with Crippen molar-refractivity contribution in [3.05, 3.63) is 12.7 Å². The molecule has 112 valence electrons. The quantitative estimate of drug-likeness (QED) is 0.296. The van der Waals surface area contributed by atoms with Gasteiger partial charge in [0.2, 0.25) is 0 Å². The van der Waals surface area contributed by atoms with Crippen LogP contribution in [0.25, 0.3) is 0 Å². The van der Waals surface area contributed by atoms with Crippen LogP contribution in [0.3, 0.4) is 0 Å². The van der Waals surface area contributed by atoms with Gasteiger partial charge >= 0.3 is 13.8 Å². The van der Waals surface area contributed by atoms with E-state index in [0.29, 0.717) is 11.0 Å². The van der Waals surface area contributed by atoms with Crippen LogP contribution in [0.1, 0.15) is 13.3 Å². The molecule has 0 aromatic rings. The number of phosphoric ester groups is 1. The van der Waals surface area contributed by atoms with Gasteiger partial charge in [-0.15, -0.1) is 0 Å². The number of hydrogen-bond donors (Lipinski definition) is 2. The zero-order chi connectivity index (χ0) is 15.3. The summed E-state index contributed by atoms with van der Waals surface area (Å²) in [7, 11) is 1.04. The van der Waals surface area contributed by atoms with E-state index in [9.17, 15) is 9.36 Å². The number of carbonyl (C=O) groups excluding carboxylic acids is 1. The summed E-state index contributed by atoms with van der Waals surface area (Å²) < 4.78 is 21.1. The van der Waals surface area contributed by atoms with Crippen LogP contribution in [0.4, 0.5) is 0 Å². The molecule has 0 aliphatic carbocycles. The molecule has 0 aromatic carbocycles. The van der Waals surface area contributed by atoms with Crippen molar-refractivity contribution in [1.29, 1.82) is 0 Å². The van der Waals surface area contributed by atoms with Gasteiger partial charge in [-0.3, -0.25) is 4.52 Å². The lowest BCUT2D eigenvalue weighted by molar-refractivity contribution is -0.873. The van der Waals surface area contributed by atoms with E-state index in [1.807, 2.05) is 21.1 Å². The average Bonchev–Trinajstić information content (AvgIpc) is 2.11. The first-order valence-corrected chi connectivity index (χ1v) is 7.33. The van der Waals surface area contributed by atoms with E-state index in [4.69, 9.17) is 19.0 Å². The fraction of sp³-hybridized carbons (Fsp3) is 0.727. The number of ether oxygens (including phenoxy) is 1. The second-order valence-electron chi connectivity index (χ2n) is 5.38. The van der Waals surface area contributed by atoms with Crippen LogP contribution in [-0.2, 0) is 18.6 Å². The summed E-state index contributed by atoms with van der Waals surface area (Å²) in [5.41, 5.74) is 0. The van der Waals surface area contributed by atoms with Gasteiger partial charge in [-0.05, 0) is 6.92 Å². The zero-order valence-corrected chi connectivity index (χ0v) is 12.7. The Morgan fingerprint density at radius 1 is 1.42 bits per heavy atom. The molecule has 0 amide bonds. The lowest BCUT2D eigenvalue weighted by Gasteiger charge is -2.30. The van der Waals surface area contributed by atoms with Gasteiger partial charge in [0, 0.05) is 12.5 Å². The number of esters is 1. The van der Waals surface area contributed by atoms with Crippen LogP contribution in [0.5, 0.6) is 0 Å². The van der Waals surface area contributed by atoms with Crippen LogP contribution in [0.15, 0.2) is 12.7 Å². The fourth-order valence-corrected chi connectivity index (χ4v) is 2.16. The second kappa shape index (κ2) is 7.17. The van der Waals surface area contributed by atoms with E-state index in [-0.39, 0.29) is 6.42 Å². The van der Waals surface area contributed by atoms with Gasteiger partial charge in [0.1, 0.15) is 18.8 Å². The van der Waals surface area contributed by atoms with E-state index >= 15 is 0 Å². The van der Waals surface area contributed by atoms with Crippen LogP contribution in [0.2, 0.25) is 0 Å². The van der Waals surface area contributed by atoms with E-state index in [1.165, 1.54) is 0 Å².